The highest BCUT2D eigenvalue weighted by atomic mass is 35.5. The standard InChI is InChI=1S/C15H22N2O2.ClH/c1-11(10-19-2)15(18)17-8-13(14(16)9-17)12-6-4-3-5-7-12;/h3-7,11,13-14H,8-10,16H2,1-2H3;1H/t11?,13-,14+;/m0./s1. The first-order chi connectivity index (χ1) is 9.13. The molecule has 0 spiro atoms. The number of methoxy groups -OCH3 is 1. The van der Waals surface area contributed by atoms with Crippen molar-refractivity contribution in [1.29, 1.82) is 0 Å². The van der Waals surface area contributed by atoms with E-state index in [0.717, 1.165) is 0 Å². The number of hydrogen-bond donors (Lipinski definition) is 1. The van der Waals surface area contributed by atoms with Crippen molar-refractivity contribution in [2.24, 2.45) is 11.7 Å². The second kappa shape index (κ2) is 7.62. The van der Waals surface area contributed by atoms with Crippen LogP contribution in [0.15, 0.2) is 30.3 Å². The molecule has 1 aromatic rings. The fourth-order valence-electron chi connectivity index (χ4n) is 2.69. The van der Waals surface area contributed by atoms with Crippen LogP contribution in [0.3, 0.4) is 0 Å². The van der Waals surface area contributed by atoms with Gasteiger partial charge in [0.25, 0.3) is 0 Å². The van der Waals surface area contributed by atoms with Gasteiger partial charge in [0.15, 0.2) is 0 Å². The van der Waals surface area contributed by atoms with Crippen molar-refractivity contribution in [2.45, 2.75) is 18.9 Å². The second-order valence-corrected chi connectivity index (χ2v) is 5.28. The van der Waals surface area contributed by atoms with Gasteiger partial charge >= 0.3 is 0 Å². The molecule has 0 radical (unpaired) electrons. The van der Waals surface area contributed by atoms with Crippen molar-refractivity contribution in [3.63, 3.8) is 0 Å². The Morgan fingerprint density at radius 1 is 1.40 bits per heavy atom. The number of carbonyl (C=O) groups is 1. The van der Waals surface area contributed by atoms with E-state index in [1.807, 2.05) is 30.0 Å². The molecule has 3 atom stereocenters. The third-order valence-corrected chi connectivity index (χ3v) is 3.74. The number of halogens is 1. The van der Waals surface area contributed by atoms with Crippen LogP contribution in [0.4, 0.5) is 0 Å². The highest BCUT2D eigenvalue weighted by Crippen LogP contribution is 2.27. The normalized spacial score (nSPS) is 23.2. The molecule has 1 aliphatic heterocycles. The van der Waals surface area contributed by atoms with E-state index in [2.05, 4.69) is 12.1 Å². The number of benzene rings is 1. The summed E-state index contributed by atoms with van der Waals surface area (Å²) >= 11 is 0. The average Bonchev–Trinajstić information content (AvgIpc) is 2.81. The van der Waals surface area contributed by atoms with Gasteiger partial charge in [-0.3, -0.25) is 4.79 Å². The number of hydrogen-bond acceptors (Lipinski definition) is 3. The molecule has 1 unspecified atom stereocenters. The predicted molar refractivity (Wildman–Crippen MR) is 82.0 cm³/mol. The Bertz CT molecular complexity index is 427. The summed E-state index contributed by atoms with van der Waals surface area (Å²) in [7, 11) is 1.62. The maximum Gasteiger partial charge on any atom is 0.227 e. The molecule has 0 aliphatic carbocycles. The van der Waals surface area contributed by atoms with Crippen molar-refractivity contribution in [3.05, 3.63) is 35.9 Å². The van der Waals surface area contributed by atoms with Crippen LogP contribution in [-0.2, 0) is 9.53 Å². The molecule has 1 aromatic carbocycles. The summed E-state index contributed by atoms with van der Waals surface area (Å²) in [6.45, 7) is 3.69. The summed E-state index contributed by atoms with van der Waals surface area (Å²) in [4.78, 5) is 14.1. The van der Waals surface area contributed by atoms with Crippen molar-refractivity contribution < 1.29 is 9.53 Å². The van der Waals surface area contributed by atoms with Gasteiger partial charge in [-0.05, 0) is 5.56 Å². The molecule has 1 aliphatic rings. The van der Waals surface area contributed by atoms with Gasteiger partial charge < -0.3 is 15.4 Å². The molecule has 0 bridgehead atoms. The van der Waals surface area contributed by atoms with E-state index in [-0.39, 0.29) is 36.2 Å². The third-order valence-electron chi connectivity index (χ3n) is 3.74. The van der Waals surface area contributed by atoms with Gasteiger partial charge in [-0.15, -0.1) is 12.4 Å². The maximum atomic E-state index is 12.2. The third kappa shape index (κ3) is 3.72. The minimum Gasteiger partial charge on any atom is -0.384 e. The Balaban J connectivity index is 0.00000200. The van der Waals surface area contributed by atoms with Gasteiger partial charge in [0.05, 0.1) is 12.5 Å². The summed E-state index contributed by atoms with van der Waals surface area (Å²) in [5.74, 6) is 0.266. The fraction of sp³-hybridized carbons (Fsp3) is 0.533. The van der Waals surface area contributed by atoms with E-state index in [1.165, 1.54) is 5.56 Å². The van der Waals surface area contributed by atoms with Gasteiger partial charge in [-0.1, -0.05) is 37.3 Å². The van der Waals surface area contributed by atoms with Gasteiger partial charge in [0.1, 0.15) is 0 Å². The van der Waals surface area contributed by atoms with Crippen LogP contribution in [-0.4, -0.2) is 43.7 Å². The van der Waals surface area contributed by atoms with Crippen molar-refractivity contribution >= 4 is 18.3 Å². The first-order valence-corrected chi connectivity index (χ1v) is 6.71. The Morgan fingerprint density at radius 3 is 2.65 bits per heavy atom. The second-order valence-electron chi connectivity index (χ2n) is 5.28. The highest BCUT2D eigenvalue weighted by molar-refractivity contribution is 5.85. The molecule has 1 heterocycles. The molecule has 2 rings (SSSR count). The first-order valence-electron chi connectivity index (χ1n) is 6.71. The van der Waals surface area contributed by atoms with E-state index in [0.29, 0.717) is 19.7 Å². The van der Waals surface area contributed by atoms with Crippen molar-refractivity contribution in [2.75, 3.05) is 26.8 Å². The van der Waals surface area contributed by atoms with E-state index in [4.69, 9.17) is 10.5 Å². The van der Waals surface area contributed by atoms with Crippen LogP contribution in [0.2, 0.25) is 0 Å². The molecule has 112 valence electrons. The van der Waals surface area contributed by atoms with E-state index in [1.54, 1.807) is 7.11 Å². The predicted octanol–water partition coefficient (Wildman–Crippen LogP) is 1.64. The van der Waals surface area contributed by atoms with Crippen LogP contribution in [0.25, 0.3) is 0 Å². The van der Waals surface area contributed by atoms with Crippen LogP contribution in [0.5, 0.6) is 0 Å². The minimum absolute atomic E-state index is 0. The number of rotatable bonds is 4. The van der Waals surface area contributed by atoms with Gasteiger partial charge in [-0.25, -0.2) is 0 Å². The molecule has 1 saturated heterocycles. The Labute approximate surface area is 126 Å². The zero-order valence-electron chi connectivity index (χ0n) is 12.0. The van der Waals surface area contributed by atoms with Crippen molar-refractivity contribution in [1.82, 2.24) is 4.90 Å². The Morgan fingerprint density at radius 2 is 2.05 bits per heavy atom. The number of carbonyl (C=O) groups excluding carboxylic acids is 1. The highest BCUT2D eigenvalue weighted by Gasteiger charge is 2.35. The van der Waals surface area contributed by atoms with Gasteiger partial charge in [0, 0.05) is 32.2 Å². The molecule has 2 N–H and O–H groups in total. The lowest BCUT2D eigenvalue weighted by Gasteiger charge is -2.20. The maximum absolute atomic E-state index is 12.2. The molecule has 1 fully saturated rings. The first kappa shape index (κ1) is 17.0. The van der Waals surface area contributed by atoms with Gasteiger partial charge in [0.2, 0.25) is 5.91 Å². The molecular weight excluding hydrogens is 276 g/mol. The average molecular weight is 299 g/mol. The lowest BCUT2D eigenvalue weighted by Crippen LogP contribution is -2.36. The Kier molecular flexibility index (Phi) is 6.46. The van der Waals surface area contributed by atoms with Gasteiger partial charge in [-0.2, -0.15) is 0 Å². The van der Waals surface area contributed by atoms with E-state index >= 15 is 0 Å². The lowest BCUT2D eigenvalue weighted by atomic mass is 9.95. The minimum atomic E-state index is -0.105. The quantitative estimate of drug-likeness (QED) is 0.919. The summed E-state index contributed by atoms with van der Waals surface area (Å²) < 4.78 is 5.04. The van der Waals surface area contributed by atoms with Crippen LogP contribution < -0.4 is 5.73 Å². The number of nitrogens with two attached hydrogens (primary N) is 1. The van der Waals surface area contributed by atoms with Crippen molar-refractivity contribution in [3.8, 4) is 0 Å². The summed E-state index contributed by atoms with van der Waals surface area (Å²) in [6, 6.07) is 10.2. The molecule has 0 saturated carbocycles. The number of amides is 1. The van der Waals surface area contributed by atoms with E-state index < -0.39 is 0 Å². The van der Waals surface area contributed by atoms with E-state index in [9.17, 15) is 4.79 Å². The Hall–Kier alpha value is -1.10. The smallest absolute Gasteiger partial charge is 0.227 e. The molecule has 0 aromatic heterocycles. The van der Waals surface area contributed by atoms with Crippen LogP contribution >= 0.6 is 12.4 Å². The van der Waals surface area contributed by atoms with Crippen LogP contribution in [0.1, 0.15) is 18.4 Å². The topological polar surface area (TPSA) is 55.6 Å². The largest absolute Gasteiger partial charge is 0.384 e. The summed E-state index contributed by atoms with van der Waals surface area (Å²) in [5, 5.41) is 0. The summed E-state index contributed by atoms with van der Waals surface area (Å²) in [6.07, 6.45) is 0. The lowest BCUT2D eigenvalue weighted by molar-refractivity contribution is -0.135. The molecule has 5 heteroatoms. The zero-order chi connectivity index (χ0) is 13.8. The van der Waals surface area contributed by atoms with Crippen LogP contribution in [0, 0.1) is 5.92 Å². The monoisotopic (exact) mass is 298 g/mol. The molecule has 1 amide bonds. The molecule has 20 heavy (non-hydrogen) atoms. The fourth-order valence-corrected chi connectivity index (χ4v) is 2.69. The number of nitrogens with zero attached hydrogens (tertiary/aromatic N) is 1. The molecular formula is C15H23ClN2O2. The molecule has 4 nitrogen and oxygen atoms in total. The summed E-state index contributed by atoms with van der Waals surface area (Å²) in [5.41, 5.74) is 7.40. The number of ether oxygens (including phenoxy) is 1. The number of likely N-dealkylation sites (tertiary alicyclic amines) is 1. The zero-order valence-corrected chi connectivity index (χ0v) is 12.8. The SMILES string of the molecule is COCC(C)C(=O)N1C[C@@H](N)[C@H](c2ccccc2)C1.Cl.